The van der Waals surface area contributed by atoms with Gasteiger partial charge in [-0.15, -0.1) is 0 Å². The Kier molecular flexibility index (Phi) is 4.54. The molecule has 1 aromatic rings. The molecule has 0 aromatic carbocycles. The van der Waals surface area contributed by atoms with E-state index in [2.05, 4.69) is 15.6 Å². The Balaban J connectivity index is 2.06. The van der Waals surface area contributed by atoms with Crippen molar-refractivity contribution in [2.24, 2.45) is 0 Å². The molecule has 0 aliphatic carbocycles. The highest BCUT2D eigenvalue weighted by Crippen LogP contribution is 2.23. The molecule has 0 saturated carbocycles. The van der Waals surface area contributed by atoms with Crippen molar-refractivity contribution in [2.45, 2.75) is 45.3 Å². The van der Waals surface area contributed by atoms with Crippen molar-refractivity contribution in [3.05, 3.63) is 17.7 Å². The summed E-state index contributed by atoms with van der Waals surface area (Å²) in [7, 11) is 1.51. The summed E-state index contributed by atoms with van der Waals surface area (Å²) in [6.07, 6.45) is 0.488. The molecule has 1 aliphatic rings. The lowest BCUT2D eigenvalue weighted by atomic mass is 10.1. The Morgan fingerprint density at radius 2 is 2.14 bits per heavy atom. The van der Waals surface area contributed by atoms with Crippen LogP contribution in [-0.2, 0) is 16.0 Å². The Labute approximate surface area is 129 Å². The van der Waals surface area contributed by atoms with Gasteiger partial charge in [0.25, 0.3) is 0 Å². The van der Waals surface area contributed by atoms with Crippen molar-refractivity contribution in [3.8, 4) is 5.88 Å². The molecule has 2 rings (SSSR count). The first-order chi connectivity index (χ1) is 10.3. The van der Waals surface area contributed by atoms with Crippen LogP contribution in [-0.4, -0.2) is 35.7 Å². The SMILES string of the molecule is COc1ccc2c(n1)NC(=O)C(NC(=O)OC(C)(C)C)CC2. The van der Waals surface area contributed by atoms with E-state index in [1.54, 1.807) is 26.8 Å². The fourth-order valence-electron chi connectivity index (χ4n) is 2.12. The molecule has 7 nitrogen and oxygen atoms in total. The van der Waals surface area contributed by atoms with Crippen molar-refractivity contribution in [2.75, 3.05) is 12.4 Å². The predicted molar refractivity (Wildman–Crippen MR) is 80.9 cm³/mol. The maximum atomic E-state index is 12.2. The minimum atomic E-state index is -0.657. The van der Waals surface area contributed by atoms with E-state index in [-0.39, 0.29) is 5.91 Å². The van der Waals surface area contributed by atoms with Crippen LogP contribution in [0, 0.1) is 0 Å². The molecule has 1 unspecified atom stereocenters. The number of hydrogen-bond acceptors (Lipinski definition) is 5. The van der Waals surface area contributed by atoms with E-state index in [0.717, 1.165) is 5.56 Å². The highest BCUT2D eigenvalue weighted by molar-refractivity contribution is 5.97. The fraction of sp³-hybridized carbons (Fsp3) is 0.533. The van der Waals surface area contributed by atoms with Gasteiger partial charge in [0.1, 0.15) is 17.5 Å². The summed E-state index contributed by atoms with van der Waals surface area (Å²) in [5.41, 5.74) is 0.297. The molecule has 0 saturated heterocycles. The molecule has 0 fully saturated rings. The quantitative estimate of drug-likeness (QED) is 0.870. The van der Waals surface area contributed by atoms with Crippen LogP contribution in [0.15, 0.2) is 12.1 Å². The number of rotatable bonds is 2. The number of aryl methyl sites for hydroxylation is 1. The summed E-state index contributed by atoms with van der Waals surface area (Å²) in [6, 6.07) is 2.94. The molecule has 1 aromatic heterocycles. The van der Waals surface area contributed by atoms with Gasteiger partial charge in [0.2, 0.25) is 11.8 Å². The maximum Gasteiger partial charge on any atom is 0.408 e. The standard InChI is InChI=1S/C15H21N3O4/c1-15(2,3)22-14(20)16-10-7-5-9-6-8-11(21-4)17-12(9)18-13(10)19/h6,8,10H,5,7H2,1-4H3,(H,16,20)(H,17,18,19). The van der Waals surface area contributed by atoms with Crippen molar-refractivity contribution in [1.29, 1.82) is 0 Å². The molecule has 2 N–H and O–H groups in total. The molecule has 1 aliphatic heterocycles. The van der Waals surface area contributed by atoms with Gasteiger partial charge < -0.3 is 20.1 Å². The average molecular weight is 307 g/mol. The smallest absolute Gasteiger partial charge is 0.408 e. The van der Waals surface area contributed by atoms with E-state index in [1.807, 2.05) is 6.07 Å². The number of alkyl carbamates (subject to hydrolysis) is 1. The predicted octanol–water partition coefficient (Wildman–Crippen LogP) is 1.87. The lowest BCUT2D eigenvalue weighted by molar-refractivity contribution is -0.118. The highest BCUT2D eigenvalue weighted by Gasteiger charge is 2.28. The third kappa shape index (κ3) is 4.09. The van der Waals surface area contributed by atoms with Gasteiger partial charge in [-0.05, 0) is 45.2 Å². The molecule has 22 heavy (non-hydrogen) atoms. The van der Waals surface area contributed by atoms with Crippen LogP contribution in [0.5, 0.6) is 5.88 Å². The summed E-state index contributed by atoms with van der Waals surface area (Å²) in [4.78, 5) is 28.2. The first-order valence-electron chi connectivity index (χ1n) is 7.13. The highest BCUT2D eigenvalue weighted by atomic mass is 16.6. The number of fused-ring (bicyclic) bond motifs is 1. The summed E-state index contributed by atoms with van der Waals surface area (Å²) in [5, 5.41) is 5.31. The Bertz CT molecular complexity index is 581. The van der Waals surface area contributed by atoms with Gasteiger partial charge >= 0.3 is 6.09 Å². The number of aromatic nitrogens is 1. The van der Waals surface area contributed by atoms with Gasteiger partial charge in [-0.1, -0.05) is 0 Å². The van der Waals surface area contributed by atoms with Crippen LogP contribution in [0.3, 0.4) is 0 Å². The lowest BCUT2D eigenvalue weighted by Crippen LogP contribution is -2.45. The van der Waals surface area contributed by atoms with E-state index >= 15 is 0 Å². The number of pyridine rings is 1. The molecular weight excluding hydrogens is 286 g/mol. The number of carbonyl (C=O) groups excluding carboxylic acids is 2. The van der Waals surface area contributed by atoms with E-state index in [0.29, 0.717) is 24.5 Å². The van der Waals surface area contributed by atoms with E-state index in [1.165, 1.54) is 7.11 Å². The molecule has 0 radical (unpaired) electrons. The number of amides is 2. The summed E-state index contributed by atoms with van der Waals surface area (Å²) >= 11 is 0. The zero-order chi connectivity index (χ0) is 16.3. The van der Waals surface area contributed by atoms with Crippen molar-refractivity contribution in [3.63, 3.8) is 0 Å². The molecule has 2 amide bonds. The molecule has 0 bridgehead atoms. The summed E-state index contributed by atoms with van der Waals surface area (Å²) < 4.78 is 10.2. The third-order valence-corrected chi connectivity index (χ3v) is 3.11. The van der Waals surface area contributed by atoms with Crippen molar-refractivity contribution < 1.29 is 19.1 Å². The van der Waals surface area contributed by atoms with Crippen LogP contribution in [0.2, 0.25) is 0 Å². The second-order valence-corrected chi connectivity index (χ2v) is 6.09. The van der Waals surface area contributed by atoms with Crippen LogP contribution >= 0.6 is 0 Å². The summed E-state index contributed by atoms with van der Waals surface area (Å²) in [6.45, 7) is 5.31. The zero-order valence-electron chi connectivity index (χ0n) is 13.2. The minimum Gasteiger partial charge on any atom is -0.481 e. The van der Waals surface area contributed by atoms with E-state index in [9.17, 15) is 9.59 Å². The summed E-state index contributed by atoms with van der Waals surface area (Å²) in [5.74, 6) is 0.584. The Hall–Kier alpha value is -2.31. The zero-order valence-corrected chi connectivity index (χ0v) is 13.2. The number of nitrogens with zero attached hydrogens (tertiary/aromatic N) is 1. The topological polar surface area (TPSA) is 89.5 Å². The monoisotopic (exact) mass is 307 g/mol. The number of hydrogen-bond donors (Lipinski definition) is 2. The van der Waals surface area contributed by atoms with E-state index in [4.69, 9.17) is 9.47 Å². The average Bonchev–Trinajstić information content (AvgIpc) is 2.56. The number of ether oxygens (including phenoxy) is 2. The van der Waals surface area contributed by atoms with Crippen molar-refractivity contribution in [1.82, 2.24) is 10.3 Å². The van der Waals surface area contributed by atoms with Gasteiger partial charge in [0.15, 0.2) is 0 Å². The van der Waals surface area contributed by atoms with Gasteiger partial charge in [-0.2, -0.15) is 4.98 Å². The maximum absolute atomic E-state index is 12.2. The first-order valence-corrected chi connectivity index (χ1v) is 7.13. The molecule has 7 heteroatoms. The lowest BCUT2D eigenvalue weighted by Gasteiger charge is -2.22. The van der Waals surface area contributed by atoms with Crippen molar-refractivity contribution >= 4 is 17.8 Å². The molecular formula is C15H21N3O4. The molecule has 120 valence electrons. The molecule has 0 spiro atoms. The van der Waals surface area contributed by atoms with Gasteiger partial charge in [-0.25, -0.2) is 4.79 Å². The second kappa shape index (κ2) is 6.21. The number of carbonyl (C=O) groups is 2. The first kappa shape index (κ1) is 16.1. The minimum absolute atomic E-state index is 0.314. The van der Waals surface area contributed by atoms with Crippen LogP contribution in [0.4, 0.5) is 10.6 Å². The number of nitrogens with one attached hydrogen (secondary N) is 2. The third-order valence-electron chi connectivity index (χ3n) is 3.11. The van der Waals surface area contributed by atoms with Crippen LogP contribution in [0.25, 0.3) is 0 Å². The largest absolute Gasteiger partial charge is 0.481 e. The van der Waals surface area contributed by atoms with Gasteiger partial charge in [-0.3, -0.25) is 4.79 Å². The normalized spacial score (nSPS) is 17.8. The fourth-order valence-corrected chi connectivity index (χ4v) is 2.12. The molecule has 2 heterocycles. The Morgan fingerprint density at radius 1 is 1.41 bits per heavy atom. The van der Waals surface area contributed by atoms with Crippen LogP contribution < -0.4 is 15.4 Å². The second-order valence-electron chi connectivity index (χ2n) is 6.09. The van der Waals surface area contributed by atoms with Crippen LogP contribution in [0.1, 0.15) is 32.8 Å². The number of anilines is 1. The number of methoxy groups -OCH3 is 1. The van der Waals surface area contributed by atoms with Gasteiger partial charge in [0, 0.05) is 6.07 Å². The molecule has 1 atom stereocenters. The Morgan fingerprint density at radius 3 is 2.77 bits per heavy atom. The van der Waals surface area contributed by atoms with Gasteiger partial charge in [0.05, 0.1) is 7.11 Å². The van der Waals surface area contributed by atoms with E-state index < -0.39 is 17.7 Å².